The summed E-state index contributed by atoms with van der Waals surface area (Å²) in [6, 6.07) is 8.00. The van der Waals surface area contributed by atoms with Crippen LogP contribution in [-0.4, -0.2) is 16.4 Å². The Labute approximate surface area is 168 Å². The van der Waals surface area contributed by atoms with Crippen molar-refractivity contribution in [2.45, 2.75) is 40.2 Å². The standard InChI is InChI=1S/C22H25N3O2S/c1-6-9-25-18-8-7-15(12(2)3)11-16(18)14(5)19(25)21(27)24-22-17(20(23)26)10-13(4)28-22/h6-8,10-12H,1,9H2,2-5H3,(H2,23,26)(H,24,27). The van der Waals surface area contributed by atoms with Crippen molar-refractivity contribution in [3.8, 4) is 0 Å². The van der Waals surface area contributed by atoms with Gasteiger partial charge in [-0.2, -0.15) is 0 Å². The summed E-state index contributed by atoms with van der Waals surface area (Å²) in [5, 5.41) is 4.42. The zero-order valence-electron chi connectivity index (χ0n) is 16.6. The lowest BCUT2D eigenvalue weighted by molar-refractivity contribution is 0.100. The molecule has 2 amide bonds. The third-order valence-electron chi connectivity index (χ3n) is 4.88. The number of hydrogen-bond donors (Lipinski definition) is 2. The van der Waals surface area contributed by atoms with E-state index >= 15 is 0 Å². The Morgan fingerprint density at radius 3 is 2.61 bits per heavy atom. The molecule has 0 atom stereocenters. The third-order valence-corrected chi connectivity index (χ3v) is 5.85. The number of allylic oxidation sites excluding steroid dienone is 1. The molecule has 2 aromatic heterocycles. The highest BCUT2D eigenvalue weighted by molar-refractivity contribution is 7.16. The summed E-state index contributed by atoms with van der Waals surface area (Å²) in [5.41, 5.74) is 9.48. The second-order valence-corrected chi connectivity index (χ2v) is 8.48. The van der Waals surface area contributed by atoms with Gasteiger partial charge in [0, 0.05) is 22.3 Å². The minimum Gasteiger partial charge on any atom is -0.366 e. The number of primary amides is 1. The molecule has 0 aliphatic heterocycles. The van der Waals surface area contributed by atoms with Crippen LogP contribution in [0.3, 0.4) is 0 Å². The number of rotatable bonds is 6. The Balaban J connectivity index is 2.12. The minimum atomic E-state index is -0.551. The highest BCUT2D eigenvalue weighted by atomic mass is 32.1. The number of aryl methyl sites for hydroxylation is 2. The summed E-state index contributed by atoms with van der Waals surface area (Å²) in [6.45, 7) is 12.5. The van der Waals surface area contributed by atoms with Crippen molar-refractivity contribution in [1.29, 1.82) is 0 Å². The maximum absolute atomic E-state index is 13.2. The van der Waals surface area contributed by atoms with E-state index in [1.807, 2.05) is 18.4 Å². The molecule has 3 rings (SSSR count). The van der Waals surface area contributed by atoms with E-state index in [-0.39, 0.29) is 5.91 Å². The molecule has 6 heteroatoms. The number of nitrogens with two attached hydrogens (primary N) is 1. The molecule has 0 unspecified atom stereocenters. The molecule has 0 bridgehead atoms. The van der Waals surface area contributed by atoms with Gasteiger partial charge in [-0.05, 0) is 49.1 Å². The second-order valence-electron chi connectivity index (χ2n) is 7.22. The van der Waals surface area contributed by atoms with Gasteiger partial charge < -0.3 is 15.6 Å². The molecule has 0 aliphatic rings. The monoisotopic (exact) mass is 395 g/mol. The van der Waals surface area contributed by atoms with E-state index in [0.717, 1.165) is 21.3 Å². The van der Waals surface area contributed by atoms with Crippen LogP contribution in [0.25, 0.3) is 10.9 Å². The van der Waals surface area contributed by atoms with Crippen LogP contribution in [0, 0.1) is 13.8 Å². The van der Waals surface area contributed by atoms with E-state index in [2.05, 4.69) is 43.9 Å². The first-order valence-corrected chi connectivity index (χ1v) is 10.0. The maximum atomic E-state index is 13.2. The topological polar surface area (TPSA) is 77.1 Å². The van der Waals surface area contributed by atoms with Crippen LogP contribution < -0.4 is 11.1 Å². The van der Waals surface area contributed by atoms with Crippen LogP contribution in [0.2, 0.25) is 0 Å². The number of nitrogens with one attached hydrogen (secondary N) is 1. The average molecular weight is 396 g/mol. The van der Waals surface area contributed by atoms with Crippen LogP contribution >= 0.6 is 11.3 Å². The first-order chi connectivity index (χ1) is 13.2. The predicted octanol–water partition coefficient (Wildman–Crippen LogP) is 4.98. The van der Waals surface area contributed by atoms with Crippen molar-refractivity contribution in [1.82, 2.24) is 4.57 Å². The molecule has 1 aromatic carbocycles. The molecule has 3 aromatic rings. The van der Waals surface area contributed by atoms with Gasteiger partial charge in [0.15, 0.2) is 0 Å². The highest BCUT2D eigenvalue weighted by Gasteiger charge is 2.22. The summed E-state index contributed by atoms with van der Waals surface area (Å²) >= 11 is 1.34. The van der Waals surface area contributed by atoms with Gasteiger partial charge >= 0.3 is 0 Å². The van der Waals surface area contributed by atoms with E-state index < -0.39 is 5.91 Å². The van der Waals surface area contributed by atoms with Crippen LogP contribution in [0.15, 0.2) is 36.9 Å². The smallest absolute Gasteiger partial charge is 0.273 e. The molecule has 28 heavy (non-hydrogen) atoms. The molecular weight excluding hydrogens is 370 g/mol. The lowest BCUT2D eigenvalue weighted by atomic mass is 10.0. The zero-order valence-corrected chi connectivity index (χ0v) is 17.4. The van der Waals surface area contributed by atoms with Gasteiger partial charge in [0.25, 0.3) is 11.8 Å². The van der Waals surface area contributed by atoms with E-state index in [9.17, 15) is 9.59 Å². The van der Waals surface area contributed by atoms with Gasteiger partial charge in [0.05, 0.1) is 5.56 Å². The summed E-state index contributed by atoms with van der Waals surface area (Å²) in [6.07, 6.45) is 1.77. The van der Waals surface area contributed by atoms with Crippen molar-refractivity contribution >= 4 is 39.1 Å². The molecule has 2 heterocycles. The Bertz CT molecular complexity index is 1090. The average Bonchev–Trinajstić information content (AvgIpc) is 3.13. The van der Waals surface area contributed by atoms with Gasteiger partial charge in [-0.1, -0.05) is 26.0 Å². The predicted molar refractivity (Wildman–Crippen MR) is 116 cm³/mol. The van der Waals surface area contributed by atoms with E-state index in [1.54, 1.807) is 12.1 Å². The third kappa shape index (κ3) is 3.47. The number of nitrogens with zero attached hydrogens (tertiary/aromatic N) is 1. The fourth-order valence-electron chi connectivity index (χ4n) is 3.46. The zero-order chi connectivity index (χ0) is 20.6. The first-order valence-electron chi connectivity index (χ1n) is 9.19. The molecule has 146 valence electrons. The molecule has 0 fully saturated rings. The van der Waals surface area contributed by atoms with Crippen LogP contribution in [0.1, 0.15) is 56.6 Å². The molecule has 5 nitrogen and oxygen atoms in total. The van der Waals surface area contributed by atoms with Gasteiger partial charge in [0.1, 0.15) is 10.7 Å². The number of amides is 2. The lowest BCUT2D eigenvalue weighted by Crippen LogP contribution is -2.20. The van der Waals surface area contributed by atoms with Gasteiger partial charge in [0.2, 0.25) is 0 Å². The molecular formula is C22H25N3O2S. The Morgan fingerprint density at radius 2 is 2.00 bits per heavy atom. The molecule has 3 N–H and O–H groups in total. The number of fused-ring (bicyclic) bond motifs is 1. The van der Waals surface area contributed by atoms with Crippen LogP contribution in [-0.2, 0) is 6.54 Å². The number of aromatic nitrogens is 1. The van der Waals surface area contributed by atoms with Crippen molar-refractivity contribution in [3.05, 3.63) is 64.2 Å². The van der Waals surface area contributed by atoms with E-state index in [0.29, 0.717) is 28.7 Å². The summed E-state index contributed by atoms with van der Waals surface area (Å²) < 4.78 is 1.96. The molecule has 0 aliphatic carbocycles. The Hall–Kier alpha value is -2.86. The van der Waals surface area contributed by atoms with Crippen molar-refractivity contribution in [3.63, 3.8) is 0 Å². The molecule has 0 saturated carbocycles. The van der Waals surface area contributed by atoms with Gasteiger partial charge in [-0.15, -0.1) is 17.9 Å². The van der Waals surface area contributed by atoms with Crippen LogP contribution in [0.5, 0.6) is 0 Å². The second kappa shape index (κ2) is 7.64. The quantitative estimate of drug-likeness (QED) is 0.578. The summed E-state index contributed by atoms with van der Waals surface area (Å²) in [4.78, 5) is 25.8. The highest BCUT2D eigenvalue weighted by Crippen LogP contribution is 2.32. The van der Waals surface area contributed by atoms with Crippen molar-refractivity contribution in [2.24, 2.45) is 5.73 Å². The van der Waals surface area contributed by atoms with Crippen molar-refractivity contribution in [2.75, 3.05) is 5.32 Å². The van der Waals surface area contributed by atoms with Crippen LogP contribution in [0.4, 0.5) is 5.00 Å². The number of carbonyl (C=O) groups is 2. The first kappa shape index (κ1) is 19.9. The number of thiophene rings is 1. The molecule has 0 saturated heterocycles. The van der Waals surface area contributed by atoms with E-state index in [1.165, 1.54) is 16.9 Å². The molecule has 0 spiro atoms. The number of hydrogen-bond acceptors (Lipinski definition) is 3. The number of carbonyl (C=O) groups excluding carboxylic acids is 2. The number of anilines is 1. The summed E-state index contributed by atoms with van der Waals surface area (Å²) in [5.74, 6) is -0.411. The maximum Gasteiger partial charge on any atom is 0.273 e. The Morgan fingerprint density at radius 1 is 1.29 bits per heavy atom. The fourth-order valence-corrected chi connectivity index (χ4v) is 4.37. The molecule has 0 radical (unpaired) electrons. The SMILES string of the molecule is C=CCn1c(C(=O)Nc2sc(C)cc2C(N)=O)c(C)c2cc(C(C)C)ccc21. The largest absolute Gasteiger partial charge is 0.366 e. The van der Waals surface area contributed by atoms with E-state index in [4.69, 9.17) is 5.73 Å². The summed E-state index contributed by atoms with van der Waals surface area (Å²) in [7, 11) is 0. The normalized spacial score (nSPS) is 11.2. The van der Waals surface area contributed by atoms with Crippen molar-refractivity contribution < 1.29 is 9.59 Å². The minimum absolute atomic E-state index is 0.258. The Kier molecular flexibility index (Phi) is 5.42. The number of benzene rings is 1. The fraction of sp³-hybridized carbons (Fsp3) is 0.273. The van der Waals surface area contributed by atoms with Gasteiger partial charge in [-0.3, -0.25) is 9.59 Å². The van der Waals surface area contributed by atoms with Gasteiger partial charge in [-0.25, -0.2) is 0 Å². The lowest BCUT2D eigenvalue weighted by Gasteiger charge is -2.10.